The van der Waals surface area contributed by atoms with Crippen LogP contribution in [0.4, 0.5) is 0 Å². The molecule has 1 heterocycles. The van der Waals surface area contributed by atoms with E-state index in [2.05, 4.69) is 15.5 Å². The van der Waals surface area contributed by atoms with Crippen LogP contribution < -0.4 is 10.1 Å². The first-order valence-electron chi connectivity index (χ1n) is 7.43. The number of hydrogen-bond donors (Lipinski definition) is 2. The van der Waals surface area contributed by atoms with E-state index in [1.165, 1.54) is 13.1 Å². The zero-order valence-electron chi connectivity index (χ0n) is 13.2. The van der Waals surface area contributed by atoms with Gasteiger partial charge in [-0.2, -0.15) is 5.10 Å². The molecule has 2 N–H and O–H groups in total. The maximum atomic E-state index is 12.3. The van der Waals surface area contributed by atoms with Crippen LogP contribution in [0.5, 0.6) is 5.75 Å². The normalized spacial score (nSPS) is 10.3. The van der Waals surface area contributed by atoms with Crippen LogP contribution in [-0.4, -0.2) is 29.1 Å². The van der Waals surface area contributed by atoms with Gasteiger partial charge >= 0.3 is 5.97 Å². The van der Waals surface area contributed by atoms with Gasteiger partial charge in [-0.25, -0.2) is 4.79 Å². The van der Waals surface area contributed by atoms with Crippen LogP contribution in [0.15, 0.2) is 54.6 Å². The van der Waals surface area contributed by atoms with Gasteiger partial charge in [0.15, 0.2) is 0 Å². The van der Waals surface area contributed by atoms with Crippen LogP contribution in [-0.2, 0) is 0 Å². The van der Waals surface area contributed by atoms with Crippen molar-refractivity contribution < 1.29 is 14.3 Å². The lowest BCUT2D eigenvalue weighted by atomic mass is 10.1. The summed E-state index contributed by atoms with van der Waals surface area (Å²) in [6, 6.07) is 15.1. The quantitative estimate of drug-likeness (QED) is 0.555. The van der Waals surface area contributed by atoms with E-state index in [-0.39, 0.29) is 17.4 Å². The minimum atomic E-state index is -0.611. The lowest BCUT2D eigenvalue weighted by Crippen LogP contribution is -2.18. The van der Waals surface area contributed by atoms with Gasteiger partial charge in [0.2, 0.25) is 0 Å². The number of esters is 1. The van der Waals surface area contributed by atoms with Gasteiger partial charge in [-0.3, -0.25) is 9.89 Å². The molecular formula is C18H14ClN3O3. The molecule has 0 radical (unpaired) electrons. The van der Waals surface area contributed by atoms with Crippen molar-refractivity contribution in [1.29, 1.82) is 0 Å². The van der Waals surface area contributed by atoms with Crippen molar-refractivity contribution in [1.82, 2.24) is 15.5 Å². The van der Waals surface area contributed by atoms with Gasteiger partial charge in [0.25, 0.3) is 5.91 Å². The minimum absolute atomic E-state index is 0.181. The van der Waals surface area contributed by atoms with Gasteiger partial charge in [-0.1, -0.05) is 35.9 Å². The van der Waals surface area contributed by atoms with E-state index in [9.17, 15) is 9.59 Å². The first kappa shape index (κ1) is 16.7. The minimum Gasteiger partial charge on any atom is -0.422 e. The van der Waals surface area contributed by atoms with Gasteiger partial charge in [-0.15, -0.1) is 0 Å². The molecular weight excluding hydrogens is 342 g/mol. The number of rotatable bonds is 4. The summed E-state index contributed by atoms with van der Waals surface area (Å²) in [6.45, 7) is 0. The summed E-state index contributed by atoms with van der Waals surface area (Å²) in [5.41, 5.74) is 1.83. The molecule has 25 heavy (non-hydrogen) atoms. The zero-order chi connectivity index (χ0) is 17.8. The fourth-order valence-corrected chi connectivity index (χ4v) is 2.47. The van der Waals surface area contributed by atoms with Crippen LogP contribution >= 0.6 is 11.6 Å². The third-order valence-electron chi connectivity index (χ3n) is 3.48. The standard InChI is InChI=1S/C18H14ClN3O3/c1-20-17(23)11-5-4-6-12(9-11)25-18(24)16-10-15(21-22-16)13-7-2-3-8-14(13)19/h2-10H,1H3,(H,20,23)(H,21,22). The van der Waals surface area contributed by atoms with Crippen LogP contribution in [0, 0.1) is 0 Å². The number of nitrogens with zero attached hydrogens (tertiary/aromatic N) is 1. The Labute approximate surface area is 148 Å². The number of aromatic nitrogens is 2. The Kier molecular flexibility index (Phi) is 4.81. The third-order valence-corrected chi connectivity index (χ3v) is 3.81. The van der Waals surface area contributed by atoms with Crippen molar-refractivity contribution in [2.45, 2.75) is 0 Å². The summed E-state index contributed by atoms with van der Waals surface area (Å²) >= 11 is 6.13. The lowest BCUT2D eigenvalue weighted by Gasteiger charge is -2.04. The Bertz CT molecular complexity index is 937. The Balaban J connectivity index is 1.79. The topological polar surface area (TPSA) is 84.1 Å². The molecule has 0 atom stereocenters. The molecule has 0 fully saturated rings. The van der Waals surface area contributed by atoms with Crippen LogP contribution in [0.3, 0.4) is 0 Å². The van der Waals surface area contributed by atoms with Crippen molar-refractivity contribution >= 4 is 23.5 Å². The van der Waals surface area contributed by atoms with Gasteiger partial charge in [-0.05, 0) is 30.3 Å². The number of benzene rings is 2. The molecule has 3 rings (SSSR count). The number of aromatic amines is 1. The molecule has 0 saturated carbocycles. The predicted octanol–water partition coefficient (Wildman–Crippen LogP) is 3.31. The second-order valence-electron chi connectivity index (χ2n) is 5.14. The molecule has 6 nitrogen and oxygen atoms in total. The van der Waals surface area contributed by atoms with E-state index in [0.29, 0.717) is 21.8 Å². The van der Waals surface area contributed by atoms with Crippen LogP contribution in [0.1, 0.15) is 20.8 Å². The predicted molar refractivity (Wildman–Crippen MR) is 93.8 cm³/mol. The molecule has 1 aromatic heterocycles. The third kappa shape index (κ3) is 3.70. The van der Waals surface area contributed by atoms with Crippen molar-refractivity contribution in [3.05, 3.63) is 70.9 Å². The number of carbonyl (C=O) groups is 2. The van der Waals surface area contributed by atoms with Crippen LogP contribution in [0.2, 0.25) is 5.02 Å². The number of ether oxygens (including phenoxy) is 1. The van der Waals surface area contributed by atoms with E-state index >= 15 is 0 Å². The van der Waals surface area contributed by atoms with Crippen molar-refractivity contribution in [2.75, 3.05) is 7.05 Å². The molecule has 2 aromatic carbocycles. The molecule has 3 aromatic rings. The number of amides is 1. The first-order valence-corrected chi connectivity index (χ1v) is 7.81. The second kappa shape index (κ2) is 7.19. The monoisotopic (exact) mass is 355 g/mol. The lowest BCUT2D eigenvalue weighted by molar-refractivity contribution is 0.0727. The number of halogens is 1. The zero-order valence-corrected chi connectivity index (χ0v) is 14.0. The molecule has 7 heteroatoms. The molecule has 1 amide bonds. The fourth-order valence-electron chi connectivity index (χ4n) is 2.24. The molecule has 0 aliphatic rings. The number of H-pyrrole nitrogens is 1. The Morgan fingerprint density at radius 3 is 2.68 bits per heavy atom. The maximum Gasteiger partial charge on any atom is 0.361 e. The summed E-state index contributed by atoms with van der Waals surface area (Å²) in [7, 11) is 1.53. The Hall–Kier alpha value is -3.12. The highest BCUT2D eigenvalue weighted by Gasteiger charge is 2.15. The molecule has 0 saturated heterocycles. The SMILES string of the molecule is CNC(=O)c1cccc(OC(=O)c2cc(-c3ccccc3Cl)n[nH]2)c1. The number of carbonyl (C=O) groups excluding carboxylic acids is 2. The summed E-state index contributed by atoms with van der Waals surface area (Å²) < 4.78 is 5.29. The number of nitrogens with one attached hydrogen (secondary N) is 2. The molecule has 0 spiro atoms. The maximum absolute atomic E-state index is 12.3. The highest BCUT2D eigenvalue weighted by Crippen LogP contribution is 2.26. The smallest absolute Gasteiger partial charge is 0.361 e. The molecule has 0 aliphatic carbocycles. The summed E-state index contributed by atoms with van der Waals surface area (Å²) in [5, 5.41) is 9.78. The van der Waals surface area contributed by atoms with E-state index in [1.54, 1.807) is 36.4 Å². The van der Waals surface area contributed by atoms with Crippen molar-refractivity contribution in [3.63, 3.8) is 0 Å². The molecule has 0 bridgehead atoms. The van der Waals surface area contributed by atoms with Gasteiger partial charge in [0, 0.05) is 18.2 Å². The van der Waals surface area contributed by atoms with Gasteiger partial charge in [0.05, 0.1) is 10.7 Å². The van der Waals surface area contributed by atoms with Crippen molar-refractivity contribution in [3.8, 4) is 17.0 Å². The Morgan fingerprint density at radius 1 is 1.12 bits per heavy atom. The van der Waals surface area contributed by atoms with Gasteiger partial charge < -0.3 is 10.1 Å². The highest BCUT2D eigenvalue weighted by molar-refractivity contribution is 6.33. The summed E-state index contributed by atoms with van der Waals surface area (Å²) in [5.74, 6) is -0.611. The fraction of sp³-hybridized carbons (Fsp3) is 0.0556. The molecule has 126 valence electrons. The summed E-state index contributed by atoms with van der Waals surface area (Å²) in [4.78, 5) is 23.9. The highest BCUT2D eigenvalue weighted by atomic mass is 35.5. The second-order valence-corrected chi connectivity index (χ2v) is 5.55. The molecule has 0 unspecified atom stereocenters. The largest absolute Gasteiger partial charge is 0.422 e. The summed E-state index contributed by atoms with van der Waals surface area (Å²) in [6.07, 6.45) is 0. The Morgan fingerprint density at radius 2 is 1.92 bits per heavy atom. The number of hydrogen-bond acceptors (Lipinski definition) is 4. The average Bonchev–Trinajstić information content (AvgIpc) is 3.11. The van der Waals surface area contributed by atoms with E-state index in [1.807, 2.05) is 12.1 Å². The van der Waals surface area contributed by atoms with Crippen LogP contribution in [0.25, 0.3) is 11.3 Å². The first-order chi connectivity index (χ1) is 12.1. The van der Waals surface area contributed by atoms with E-state index in [0.717, 1.165) is 0 Å². The van der Waals surface area contributed by atoms with Crippen molar-refractivity contribution in [2.24, 2.45) is 0 Å². The van der Waals surface area contributed by atoms with E-state index in [4.69, 9.17) is 16.3 Å². The average molecular weight is 356 g/mol. The van der Waals surface area contributed by atoms with Gasteiger partial charge in [0.1, 0.15) is 11.4 Å². The molecule has 0 aliphatic heterocycles. The van der Waals surface area contributed by atoms with E-state index < -0.39 is 5.97 Å².